The Labute approximate surface area is 124 Å². The molecule has 1 saturated heterocycles. The average molecular weight is 291 g/mol. The first-order chi connectivity index (χ1) is 10.1. The van der Waals surface area contributed by atoms with Crippen molar-refractivity contribution in [1.82, 2.24) is 0 Å². The summed E-state index contributed by atoms with van der Waals surface area (Å²) in [6.45, 7) is 2.81. The Morgan fingerprint density at radius 2 is 2.29 bits per heavy atom. The molecular formula is C15H21N3O3. The number of hydrogen-bond acceptors (Lipinski definition) is 5. The number of benzene rings is 1. The topological polar surface area (TPSA) is 85.6 Å². The molecule has 3 rings (SSSR count). The van der Waals surface area contributed by atoms with Crippen molar-refractivity contribution < 1.29 is 14.3 Å². The Hall–Kier alpha value is -1.79. The van der Waals surface area contributed by atoms with Gasteiger partial charge in [-0.25, -0.2) is 0 Å². The largest absolute Gasteiger partial charge is 0.399 e. The number of ether oxygens (including phenoxy) is 2. The summed E-state index contributed by atoms with van der Waals surface area (Å²) in [4.78, 5) is 12.3. The van der Waals surface area contributed by atoms with E-state index in [-0.39, 0.29) is 18.8 Å². The van der Waals surface area contributed by atoms with Crippen LogP contribution in [-0.4, -0.2) is 30.9 Å². The molecule has 1 aromatic carbocycles. The first-order valence-corrected chi connectivity index (χ1v) is 7.29. The van der Waals surface area contributed by atoms with E-state index in [0.717, 1.165) is 31.6 Å². The van der Waals surface area contributed by atoms with E-state index in [0.29, 0.717) is 11.4 Å². The Morgan fingerprint density at radius 1 is 1.43 bits per heavy atom. The first-order valence-electron chi connectivity index (χ1n) is 7.29. The van der Waals surface area contributed by atoms with Gasteiger partial charge in [0.15, 0.2) is 6.29 Å². The van der Waals surface area contributed by atoms with Crippen LogP contribution in [0.3, 0.4) is 0 Å². The minimum absolute atomic E-state index is 0.128. The first kappa shape index (κ1) is 14.2. The van der Waals surface area contributed by atoms with Crippen molar-refractivity contribution in [3.63, 3.8) is 0 Å². The van der Waals surface area contributed by atoms with Gasteiger partial charge < -0.3 is 25.8 Å². The molecule has 4 N–H and O–H groups in total. The minimum Gasteiger partial charge on any atom is -0.399 e. The van der Waals surface area contributed by atoms with Gasteiger partial charge in [0.1, 0.15) is 5.54 Å². The van der Waals surface area contributed by atoms with Crippen molar-refractivity contribution >= 4 is 23.0 Å². The summed E-state index contributed by atoms with van der Waals surface area (Å²) < 4.78 is 11.3. The summed E-state index contributed by atoms with van der Waals surface area (Å²) in [7, 11) is 0. The van der Waals surface area contributed by atoms with Crippen LogP contribution in [-0.2, 0) is 14.3 Å². The SMILES string of the molecule is CC1(COC2CCCCO2)Nc2ccc(N)cc2NC1=O. The molecule has 6 heteroatoms. The van der Waals surface area contributed by atoms with Crippen LogP contribution in [0.4, 0.5) is 17.1 Å². The van der Waals surface area contributed by atoms with E-state index in [1.54, 1.807) is 12.1 Å². The van der Waals surface area contributed by atoms with Crippen molar-refractivity contribution in [1.29, 1.82) is 0 Å². The number of fused-ring (bicyclic) bond motifs is 1. The van der Waals surface area contributed by atoms with E-state index < -0.39 is 5.54 Å². The number of nitrogens with two attached hydrogens (primary N) is 1. The number of carbonyl (C=O) groups excluding carboxylic acids is 1. The molecule has 21 heavy (non-hydrogen) atoms. The standard InChI is InChI=1S/C15H21N3O3/c1-15(9-21-13-4-2-3-7-20-13)14(19)17-12-8-10(16)5-6-11(12)18-15/h5-6,8,13,18H,2-4,7,9,16H2,1H3,(H,17,19). The fraction of sp³-hybridized carbons (Fsp3) is 0.533. The number of anilines is 3. The normalized spacial score (nSPS) is 28.4. The molecule has 0 spiro atoms. The molecule has 2 atom stereocenters. The van der Waals surface area contributed by atoms with Crippen LogP contribution in [0.5, 0.6) is 0 Å². The van der Waals surface area contributed by atoms with Gasteiger partial charge in [-0.1, -0.05) is 0 Å². The molecule has 2 aliphatic heterocycles. The van der Waals surface area contributed by atoms with Crippen molar-refractivity contribution in [2.24, 2.45) is 0 Å². The van der Waals surface area contributed by atoms with E-state index in [4.69, 9.17) is 15.2 Å². The quantitative estimate of drug-likeness (QED) is 0.741. The second-order valence-electron chi connectivity index (χ2n) is 5.82. The highest BCUT2D eigenvalue weighted by Gasteiger charge is 2.38. The van der Waals surface area contributed by atoms with E-state index in [1.807, 2.05) is 13.0 Å². The molecule has 0 saturated carbocycles. The fourth-order valence-electron chi connectivity index (χ4n) is 2.59. The highest BCUT2D eigenvalue weighted by molar-refractivity contribution is 6.06. The molecular weight excluding hydrogens is 270 g/mol. The van der Waals surface area contributed by atoms with Crippen LogP contribution in [0.2, 0.25) is 0 Å². The molecule has 1 aromatic rings. The zero-order valence-corrected chi connectivity index (χ0v) is 12.1. The highest BCUT2D eigenvalue weighted by atomic mass is 16.7. The number of rotatable bonds is 3. The maximum absolute atomic E-state index is 12.3. The highest BCUT2D eigenvalue weighted by Crippen LogP contribution is 2.32. The van der Waals surface area contributed by atoms with Crippen LogP contribution in [0.25, 0.3) is 0 Å². The zero-order valence-electron chi connectivity index (χ0n) is 12.1. The lowest BCUT2D eigenvalue weighted by Gasteiger charge is -2.37. The Bertz CT molecular complexity index is 543. The van der Waals surface area contributed by atoms with E-state index in [2.05, 4.69) is 10.6 Å². The predicted octanol–water partition coefficient (Wildman–Crippen LogP) is 1.93. The number of amides is 1. The van der Waals surface area contributed by atoms with Gasteiger partial charge in [-0.2, -0.15) is 0 Å². The maximum atomic E-state index is 12.3. The molecule has 1 fully saturated rings. The van der Waals surface area contributed by atoms with Gasteiger partial charge in [0.2, 0.25) is 0 Å². The summed E-state index contributed by atoms with van der Waals surface area (Å²) in [5, 5.41) is 6.12. The molecule has 2 unspecified atom stereocenters. The number of nitrogen functional groups attached to an aromatic ring is 1. The van der Waals surface area contributed by atoms with Gasteiger partial charge in [-0.3, -0.25) is 4.79 Å². The van der Waals surface area contributed by atoms with E-state index in [1.165, 1.54) is 0 Å². The Kier molecular flexibility index (Phi) is 3.73. The molecule has 2 aliphatic rings. The minimum atomic E-state index is -0.816. The van der Waals surface area contributed by atoms with Gasteiger partial charge in [-0.05, 0) is 44.4 Å². The second-order valence-corrected chi connectivity index (χ2v) is 5.82. The third-order valence-electron chi connectivity index (χ3n) is 3.90. The molecule has 114 valence electrons. The monoisotopic (exact) mass is 291 g/mol. The van der Waals surface area contributed by atoms with Gasteiger partial charge in [-0.15, -0.1) is 0 Å². The zero-order chi connectivity index (χ0) is 14.9. The Balaban J connectivity index is 1.69. The number of hydrogen-bond donors (Lipinski definition) is 3. The number of carbonyl (C=O) groups is 1. The predicted molar refractivity (Wildman–Crippen MR) is 81.1 cm³/mol. The van der Waals surface area contributed by atoms with Crippen molar-refractivity contribution in [3.05, 3.63) is 18.2 Å². The van der Waals surface area contributed by atoms with Crippen LogP contribution >= 0.6 is 0 Å². The summed E-state index contributed by atoms with van der Waals surface area (Å²) in [5.74, 6) is -0.128. The summed E-state index contributed by atoms with van der Waals surface area (Å²) >= 11 is 0. The lowest BCUT2D eigenvalue weighted by atomic mass is 9.98. The van der Waals surface area contributed by atoms with Crippen LogP contribution < -0.4 is 16.4 Å². The van der Waals surface area contributed by atoms with Crippen molar-refractivity contribution in [2.45, 2.75) is 38.0 Å². The number of nitrogens with one attached hydrogen (secondary N) is 2. The fourth-order valence-corrected chi connectivity index (χ4v) is 2.59. The third-order valence-corrected chi connectivity index (χ3v) is 3.90. The lowest BCUT2D eigenvalue weighted by Crippen LogP contribution is -2.54. The molecule has 0 aliphatic carbocycles. The van der Waals surface area contributed by atoms with Gasteiger partial charge in [0.05, 0.1) is 18.0 Å². The van der Waals surface area contributed by atoms with Crippen LogP contribution in [0, 0.1) is 0 Å². The molecule has 0 radical (unpaired) electrons. The molecule has 2 heterocycles. The van der Waals surface area contributed by atoms with E-state index >= 15 is 0 Å². The lowest BCUT2D eigenvalue weighted by molar-refractivity contribution is -0.170. The average Bonchev–Trinajstić information content (AvgIpc) is 2.48. The molecule has 0 aromatic heterocycles. The van der Waals surface area contributed by atoms with Crippen molar-refractivity contribution in [2.75, 3.05) is 29.6 Å². The van der Waals surface area contributed by atoms with Crippen molar-refractivity contribution in [3.8, 4) is 0 Å². The Morgan fingerprint density at radius 3 is 3.05 bits per heavy atom. The second kappa shape index (κ2) is 5.54. The van der Waals surface area contributed by atoms with Gasteiger partial charge in [0, 0.05) is 12.3 Å². The molecule has 0 bridgehead atoms. The molecule has 6 nitrogen and oxygen atoms in total. The summed E-state index contributed by atoms with van der Waals surface area (Å²) in [5.41, 5.74) is 7.08. The van der Waals surface area contributed by atoms with Crippen LogP contribution in [0.15, 0.2) is 18.2 Å². The van der Waals surface area contributed by atoms with Gasteiger partial charge >= 0.3 is 0 Å². The smallest absolute Gasteiger partial charge is 0.252 e. The molecule has 1 amide bonds. The summed E-state index contributed by atoms with van der Waals surface area (Å²) in [6.07, 6.45) is 2.84. The third kappa shape index (κ3) is 2.96. The van der Waals surface area contributed by atoms with E-state index in [9.17, 15) is 4.79 Å². The van der Waals surface area contributed by atoms with Crippen LogP contribution in [0.1, 0.15) is 26.2 Å². The maximum Gasteiger partial charge on any atom is 0.252 e. The van der Waals surface area contributed by atoms with Gasteiger partial charge in [0.25, 0.3) is 5.91 Å². The summed E-state index contributed by atoms with van der Waals surface area (Å²) in [6, 6.07) is 5.40.